The maximum Gasteiger partial charge on any atom is 0.166 e. The molecule has 0 aromatic heterocycles. The second-order valence-corrected chi connectivity index (χ2v) is 5.36. The Morgan fingerprint density at radius 3 is 2.74 bits per heavy atom. The lowest BCUT2D eigenvalue weighted by Crippen LogP contribution is -2.55. The quantitative estimate of drug-likeness (QED) is 0.644. The second kappa shape index (κ2) is 5.16. The molecule has 2 atom stereocenters. The van der Waals surface area contributed by atoms with Crippen molar-refractivity contribution in [2.45, 2.75) is 24.9 Å². The van der Waals surface area contributed by atoms with Gasteiger partial charge < -0.3 is 10.1 Å². The van der Waals surface area contributed by atoms with Crippen molar-refractivity contribution in [1.82, 2.24) is 5.32 Å². The van der Waals surface area contributed by atoms with Crippen LogP contribution in [-0.2, 0) is 4.74 Å². The molecule has 3 heteroatoms. The molecule has 2 unspecified atom stereocenters. The number of carbonyl (C=O) groups is 1. The highest BCUT2D eigenvalue weighted by Crippen LogP contribution is 2.27. The molecule has 98 valence electrons. The van der Waals surface area contributed by atoms with E-state index in [1.165, 1.54) is 0 Å². The zero-order valence-corrected chi connectivity index (χ0v) is 10.8. The van der Waals surface area contributed by atoms with Gasteiger partial charge in [0, 0.05) is 29.1 Å². The molecule has 0 aliphatic carbocycles. The number of benzene rings is 1. The smallest absolute Gasteiger partial charge is 0.166 e. The van der Waals surface area contributed by atoms with Crippen LogP contribution in [0, 0.1) is 18.3 Å². The summed E-state index contributed by atoms with van der Waals surface area (Å²) in [6, 6.07) is 8.01. The summed E-state index contributed by atoms with van der Waals surface area (Å²) >= 11 is 0. The molecule has 0 amide bonds. The normalized spacial score (nSPS) is 29.5. The number of nitrogens with one attached hydrogen (secondary N) is 1. The van der Waals surface area contributed by atoms with Crippen LogP contribution in [0.4, 0.5) is 0 Å². The van der Waals surface area contributed by atoms with Gasteiger partial charge >= 0.3 is 0 Å². The molecule has 2 bridgehead atoms. The van der Waals surface area contributed by atoms with Gasteiger partial charge in [-0.2, -0.15) is 0 Å². The van der Waals surface area contributed by atoms with E-state index < -0.39 is 0 Å². The van der Waals surface area contributed by atoms with Gasteiger partial charge in [-0.1, -0.05) is 18.1 Å². The Kier molecular flexibility index (Phi) is 3.37. The van der Waals surface area contributed by atoms with Gasteiger partial charge in [-0.15, -0.1) is 6.42 Å². The predicted octanol–water partition coefficient (Wildman–Crippen LogP) is 1.62. The van der Waals surface area contributed by atoms with Gasteiger partial charge in [-0.05, 0) is 25.0 Å². The molecular weight excluding hydrogens is 238 g/mol. The first-order valence-electron chi connectivity index (χ1n) is 6.71. The lowest BCUT2D eigenvalue weighted by Gasteiger charge is -2.39. The van der Waals surface area contributed by atoms with E-state index in [9.17, 15) is 4.79 Å². The fraction of sp³-hybridized carbons (Fsp3) is 0.438. The largest absolute Gasteiger partial charge is 0.378 e. The third kappa shape index (κ3) is 2.56. The fourth-order valence-corrected chi connectivity index (χ4v) is 3.05. The summed E-state index contributed by atoms with van der Waals surface area (Å²) < 4.78 is 5.51. The minimum atomic E-state index is 0.0909. The van der Waals surface area contributed by atoms with Gasteiger partial charge in [-0.3, -0.25) is 4.79 Å². The van der Waals surface area contributed by atoms with E-state index in [4.69, 9.17) is 11.2 Å². The van der Waals surface area contributed by atoms with E-state index in [1.807, 2.05) is 24.3 Å². The Morgan fingerprint density at radius 2 is 2.05 bits per heavy atom. The fourth-order valence-electron chi connectivity index (χ4n) is 3.05. The van der Waals surface area contributed by atoms with Crippen LogP contribution in [0.15, 0.2) is 24.3 Å². The molecule has 2 aliphatic heterocycles. The number of ketones is 1. The van der Waals surface area contributed by atoms with Crippen LogP contribution in [0.5, 0.6) is 0 Å². The van der Waals surface area contributed by atoms with Crippen molar-refractivity contribution in [2.75, 3.05) is 13.2 Å². The molecule has 2 saturated heterocycles. The molecule has 2 fully saturated rings. The van der Waals surface area contributed by atoms with Crippen molar-refractivity contribution in [3.05, 3.63) is 35.4 Å². The lowest BCUT2D eigenvalue weighted by atomic mass is 9.82. The van der Waals surface area contributed by atoms with Crippen LogP contribution in [0.1, 0.15) is 28.8 Å². The summed E-state index contributed by atoms with van der Waals surface area (Å²) in [5.41, 5.74) is 1.50. The zero-order valence-electron chi connectivity index (χ0n) is 10.8. The first-order valence-corrected chi connectivity index (χ1v) is 6.71. The predicted molar refractivity (Wildman–Crippen MR) is 73.0 cm³/mol. The van der Waals surface area contributed by atoms with Crippen molar-refractivity contribution >= 4 is 5.78 Å². The van der Waals surface area contributed by atoms with Gasteiger partial charge in [0.25, 0.3) is 0 Å². The summed E-state index contributed by atoms with van der Waals surface area (Å²) in [7, 11) is 0. The molecule has 19 heavy (non-hydrogen) atoms. The van der Waals surface area contributed by atoms with E-state index in [0.717, 1.165) is 24.0 Å². The number of ether oxygens (including phenoxy) is 1. The Bertz CT molecular complexity index is 520. The van der Waals surface area contributed by atoms with Crippen molar-refractivity contribution in [1.29, 1.82) is 0 Å². The Balaban J connectivity index is 1.78. The SMILES string of the molecule is C#Cc1cccc(C(=O)C2CC3COCC(C2)N3)c1. The monoisotopic (exact) mass is 255 g/mol. The molecule has 1 N–H and O–H groups in total. The van der Waals surface area contributed by atoms with Crippen LogP contribution in [0.25, 0.3) is 0 Å². The number of terminal acetylenes is 1. The van der Waals surface area contributed by atoms with Crippen molar-refractivity contribution in [3.8, 4) is 12.3 Å². The van der Waals surface area contributed by atoms with Gasteiger partial charge in [0.1, 0.15) is 0 Å². The molecule has 3 rings (SSSR count). The Hall–Kier alpha value is -1.63. The number of morpholine rings is 1. The van der Waals surface area contributed by atoms with E-state index in [-0.39, 0.29) is 11.7 Å². The van der Waals surface area contributed by atoms with Crippen LogP contribution >= 0.6 is 0 Å². The zero-order chi connectivity index (χ0) is 13.2. The van der Waals surface area contributed by atoms with Gasteiger partial charge in [0.2, 0.25) is 0 Å². The lowest BCUT2D eigenvalue weighted by molar-refractivity contribution is 0.00953. The summed E-state index contributed by atoms with van der Waals surface area (Å²) in [5.74, 6) is 2.89. The molecule has 1 aromatic carbocycles. The number of piperidine rings is 1. The van der Waals surface area contributed by atoms with Crippen LogP contribution in [0.3, 0.4) is 0 Å². The second-order valence-electron chi connectivity index (χ2n) is 5.36. The first kappa shape index (κ1) is 12.4. The summed E-state index contributed by atoms with van der Waals surface area (Å²) in [5, 5.41) is 3.50. The maximum absolute atomic E-state index is 12.6. The first-order chi connectivity index (χ1) is 9.26. The number of rotatable bonds is 2. The van der Waals surface area contributed by atoms with Gasteiger partial charge in [-0.25, -0.2) is 0 Å². The van der Waals surface area contributed by atoms with E-state index in [2.05, 4.69) is 11.2 Å². The molecule has 0 radical (unpaired) electrons. The highest BCUT2D eigenvalue weighted by molar-refractivity contribution is 5.98. The highest BCUT2D eigenvalue weighted by Gasteiger charge is 2.35. The van der Waals surface area contributed by atoms with Gasteiger partial charge in [0.05, 0.1) is 13.2 Å². The molecular formula is C16H17NO2. The molecule has 2 aliphatic rings. The van der Waals surface area contributed by atoms with Gasteiger partial charge in [0.15, 0.2) is 5.78 Å². The number of Topliss-reactive ketones (excluding diaryl/α,β-unsaturated/α-hetero) is 1. The number of carbonyl (C=O) groups excluding carboxylic acids is 1. The molecule has 0 saturated carbocycles. The minimum absolute atomic E-state index is 0.0909. The summed E-state index contributed by atoms with van der Waals surface area (Å²) in [6.45, 7) is 1.43. The van der Waals surface area contributed by atoms with Crippen molar-refractivity contribution in [3.63, 3.8) is 0 Å². The summed E-state index contributed by atoms with van der Waals surface area (Å²) in [6.07, 6.45) is 7.10. The van der Waals surface area contributed by atoms with E-state index >= 15 is 0 Å². The average molecular weight is 255 g/mol. The molecule has 2 heterocycles. The molecule has 1 aromatic rings. The maximum atomic E-state index is 12.6. The highest BCUT2D eigenvalue weighted by atomic mass is 16.5. The Morgan fingerprint density at radius 1 is 1.32 bits per heavy atom. The number of fused-ring (bicyclic) bond motifs is 2. The van der Waals surface area contributed by atoms with Crippen LogP contribution in [0.2, 0.25) is 0 Å². The topological polar surface area (TPSA) is 38.3 Å². The minimum Gasteiger partial charge on any atom is -0.378 e. The average Bonchev–Trinajstić information content (AvgIpc) is 2.46. The third-order valence-electron chi connectivity index (χ3n) is 3.93. The van der Waals surface area contributed by atoms with Crippen molar-refractivity contribution in [2.24, 2.45) is 5.92 Å². The molecule has 3 nitrogen and oxygen atoms in total. The van der Waals surface area contributed by atoms with Crippen LogP contribution in [-0.4, -0.2) is 31.1 Å². The Labute approximate surface area is 113 Å². The van der Waals surface area contributed by atoms with E-state index in [1.54, 1.807) is 0 Å². The van der Waals surface area contributed by atoms with Crippen molar-refractivity contribution < 1.29 is 9.53 Å². The number of hydrogen-bond donors (Lipinski definition) is 1. The molecule has 0 spiro atoms. The third-order valence-corrected chi connectivity index (χ3v) is 3.93. The number of hydrogen-bond acceptors (Lipinski definition) is 3. The van der Waals surface area contributed by atoms with Crippen LogP contribution < -0.4 is 5.32 Å². The standard InChI is InChI=1S/C16H17NO2/c1-2-11-4-3-5-12(6-11)16(18)13-7-14-9-19-10-15(8-13)17-14/h1,3-6,13-15,17H,7-10H2. The van der Waals surface area contributed by atoms with E-state index in [0.29, 0.717) is 25.3 Å². The summed E-state index contributed by atoms with van der Waals surface area (Å²) in [4.78, 5) is 12.6.